The number of amides is 1. The van der Waals surface area contributed by atoms with Crippen molar-refractivity contribution in [3.8, 4) is 16.9 Å². The van der Waals surface area contributed by atoms with Crippen LogP contribution < -0.4 is 5.32 Å². The summed E-state index contributed by atoms with van der Waals surface area (Å²) in [5.74, 6) is -1.92. The maximum absolute atomic E-state index is 12.2. The molecule has 7 heteroatoms. The number of hydrogen-bond acceptors (Lipinski definition) is 4. The Morgan fingerprint density at radius 2 is 1.72 bits per heavy atom. The molecule has 4 rings (SSSR count). The second-order valence-corrected chi connectivity index (χ2v) is 7.19. The van der Waals surface area contributed by atoms with Crippen molar-refractivity contribution in [2.75, 3.05) is 6.61 Å². The molecule has 3 N–H and O–H groups in total. The van der Waals surface area contributed by atoms with Gasteiger partial charge in [0.15, 0.2) is 6.04 Å². The quantitative estimate of drug-likeness (QED) is 0.393. The number of nitrogens with zero attached hydrogens (tertiary/aromatic N) is 2. The number of carboxylic acid groups (broad SMARTS) is 1. The number of carbonyl (C=O) groups is 2. The van der Waals surface area contributed by atoms with Crippen molar-refractivity contribution in [1.82, 2.24) is 15.1 Å². The highest BCUT2D eigenvalue weighted by Crippen LogP contribution is 2.28. The van der Waals surface area contributed by atoms with Gasteiger partial charge in [-0.25, -0.2) is 9.48 Å². The largest absolute Gasteiger partial charge is 0.480 e. The van der Waals surface area contributed by atoms with Gasteiger partial charge in [0.25, 0.3) is 0 Å². The summed E-state index contributed by atoms with van der Waals surface area (Å²) < 4.78 is 1.73. The summed E-state index contributed by atoms with van der Waals surface area (Å²) in [6.07, 6.45) is 4.63. The fourth-order valence-corrected chi connectivity index (χ4v) is 3.35. The zero-order chi connectivity index (χ0) is 22.5. The predicted octanol–water partition coefficient (Wildman–Crippen LogP) is 3.27. The molecule has 1 heterocycles. The van der Waals surface area contributed by atoms with Gasteiger partial charge in [0, 0.05) is 23.4 Å². The molecule has 0 unspecified atom stereocenters. The maximum Gasteiger partial charge on any atom is 0.328 e. The Balaban J connectivity index is 1.72. The first-order valence-electron chi connectivity index (χ1n) is 10.0. The van der Waals surface area contributed by atoms with E-state index in [1.807, 2.05) is 79.0 Å². The lowest BCUT2D eigenvalue weighted by Crippen LogP contribution is -2.42. The molecule has 0 saturated carbocycles. The first-order valence-corrected chi connectivity index (χ1v) is 10.0. The molecule has 32 heavy (non-hydrogen) atoms. The molecular formula is C25H21N3O4. The van der Waals surface area contributed by atoms with E-state index in [1.54, 1.807) is 10.8 Å². The van der Waals surface area contributed by atoms with Gasteiger partial charge in [-0.2, -0.15) is 5.10 Å². The van der Waals surface area contributed by atoms with Gasteiger partial charge in [0.2, 0.25) is 5.91 Å². The standard InChI is InChI=1S/C25H21N3O4/c29-16-22(25(31)32)26-23(30)13-12-20-15-28(21-8-2-1-3-9-21)27-24(20)19-11-10-17-6-4-5-7-18(17)14-19/h1-15,22,29H,16H2,(H,26,30)(H,31,32)/b13-12+/t22-/m0/s1. The number of nitrogens with one attached hydrogen (secondary N) is 1. The summed E-state index contributed by atoms with van der Waals surface area (Å²) in [6, 6.07) is 22.3. The lowest BCUT2D eigenvalue weighted by atomic mass is 10.0. The molecule has 0 radical (unpaired) electrons. The van der Waals surface area contributed by atoms with Gasteiger partial charge in [-0.15, -0.1) is 0 Å². The Kier molecular flexibility index (Phi) is 6.10. The number of fused-ring (bicyclic) bond motifs is 1. The molecule has 0 aliphatic carbocycles. The summed E-state index contributed by atoms with van der Waals surface area (Å²) in [5, 5.41) is 27.3. The number of rotatable bonds is 7. The number of hydrogen-bond donors (Lipinski definition) is 3. The van der Waals surface area contributed by atoms with Crippen LogP contribution >= 0.6 is 0 Å². The molecule has 0 saturated heterocycles. The number of aliphatic carboxylic acids is 1. The van der Waals surface area contributed by atoms with Crippen molar-refractivity contribution in [2.24, 2.45) is 0 Å². The Morgan fingerprint density at radius 3 is 2.44 bits per heavy atom. The van der Waals surface area contributed by atoms with Crippen LogP contribution in [-0.2, 0) is 9.59 Å². The van der Waals surface area contributed by atoms with Crippen LogP contribution in [0.1, 0.15) is 5.56 Å². The zero-order valence-electron chi connectivity index (χ0n) is 17.1. The van der Waals surface area contributed by atoms with Crippen molar-refractivity contribution in [3.63, 3.8) is 0 Å². The molecule has 1 atom stereocenters. The van der Waals surface area contributed by atoms with Crippen LogP contribution in [0.3, 0.4) is 0 Å². The van der Waals surface area contributed by atoms with Crippen LogP contribution in [0.2, 0.25) is 0 Å². The van der Waals surface area contributed by atoms with E-state index < -0.39 is 24.5 Å². The molecular weight excluding hydrogens is 406 g/mol. The van der Waals surface area contributed by atoms with Gasteiger partial charge in [-0.1, -0.05) is 54.6 Å². The number of carboxylic acids is 1. The predicted molar refractivity (Wildman–Crippen MR) is 122 cm³/mol. The number of carbonyl (C=O) groups excluding carboxylic acids is 1. The van der Waals surface area contributed by atoms with Crippen LogP contribution in [0, 0.1) is 0 Å². The van der Waals surface area contributed by atoms with Gasteiger partial charge in [0.1, 0.15) is 0 Å². The highest BCUT2D eigenvalue weighted by atomic mass is 16.4. The summed E-state index contributed by atoms with van der Waals surface area (Å²) in [5.41, 5.74) is 3.12. The van der Waals surface area contributed by atoms with Crippen LogP contribution in [0.4, 0.5) is 0 Å². The summed E-state index contributed by atoms with van der Waals surface area (Å²) in [7, 11) is 0. The monoisotopic (exact) mass is 427 g/mol. The second kappa shape index (κ2) is 9.28. The molecule has 0 spiro atoms. The molecule has 0 aliphatic heterocycles. The van der Waals surface area contributed by atoms with Crippen molar-refractivity contribution in [3.05, 3.63) is 90.6 Å². The molecule has 7 nitrogen and oxygen atoms in total. The Hall–Kier alpha value is -4.23. The third kappa shape index (κ3) is 4.58. The van der Waals surface area contributed by atoms with Crippen LogP contribution in [0.15, 0.2) is 85.1 Å². The number of benzene rings is 3. The minimum Gasteiger partial charge on any atom is -0.480 e. The normalized spacial score (nSPS) is 12.2. The van der Waals surface area contributed by atoms with E-state index in [1.165, 1.54) is 6.08 Å². The Morgan fingerprint density at radius 1 is 1.00 bits per heavy atom. The summed E-state index contributed by atoms with van der Waals surface area (Å²) >= 11 is 0. The highest BCUT2D eigenvalue weighted by Gasteiger charge is 2.17. The molecule has 0 fully saturated rings. The second-order valence-electron chi connectivity index (χ2n) is 7.19. The molecule has 0 bridgehead atoms. The molecule has 160 valence electrons. The molecule has 1 amide bonds. The number of aliphatic hydroxyl groups is 1. The lowest BCUT2D eigenvalue weighted by Gasteiger charge is -2.09. The first-order chi connectivity index (χ1) is 15.5. The van der Waals surface area contributed by atoms with Gasteiger partial charge in [-0.3, -0.25) is 4.79 Å². The third-order valence-electron chi connectivity index (χ3n) is 5.00. The van der Waals surface area contributed by atoms with E-state index in [0.717, 1.165) is 22.0 Å². The van der Waals surface area contributed by atoms with Crippen molar-refractivity contribution in [1.29, 1.82) is 0 Å². The smallest absolute Gasteiger partial charge is 0.328 e. The van der Waals surface area contributed by atoms with Crippen molar-refractivity contribution < 1.29 is 19.8 Å². The van der Waals surface area contributed by atoms with Gasteiger partial charge in [0.05, 0.1) is 18.0 Å². The van der Waals surface area contributed by atoms with Crippen LogP contribution in [-0.4, -0.2) is 44.5 Å². The fourth-order valence-electron chi connectivity index (χ4n) is 3.35. The average Bonchev–Trinajstić information content (AvgIpc) is 3.25. The number of aromatic nitrogens is 2. The maximum atomic E-state index is 12.2. The topological polar surface area (TPSA) is 104 Å². The van der Waals surface area contributed by atoms with E-state index in [2.05, 4.69) is 5.32 Å². The van der Waals surface area contributed by atoms with E-state index in [0.29, 0.717) is 11.3 Å². The first kappa shape index (κ1) is 21.0. The zero-order valence-corrected chi connectivity index (χ0v) is 17.1. The van der Waals surface area contributed by atoms with Crippen LogP contribution in [0.5, 0.6) is 0 Å². The van der Waals surface area contributed by atoms with Gasteiger partial charge in [-0.05, 0) is 35.0 Å². The van der Waals surface area contributed by atoms with Crippen molar-refractivity contribution in [2.45, 2.75) is 6.04 Å². The molecule has 0 aliphatic rings. The summed E-state index contributed by atoms with van der Waals surface area (Å²) in [4.78, 5) is 23.2. The molecule has 4 aromatic rings. The van der Waals surface area contributed by atoms with E-state index in [4.69, 9.17) is 15.3 Å². The summed E-state index contributed by atoms with van der Waals surface area (Å²) in [6.45, 7) is -0.691. The Bertz CT molecular complexity index is 1300. The highest BCUT2D eigenvalue weighted by molar-refractivity contribution is 5.95. The molecule has 1 aromatic heterocycles. The molecule has 3 aromatic carbocycles. The van der Waals surface area contributed by atoms with Gasteiger partial charge >= 0.3 is 5.97 Å². The fraction of sp³-hybridized carbons (Fsp3) is 0.0800. The third-order valence-corrected chi connectivity index (χ3v) is 5.00. The number of para-hydroxylation sites is 1. The van der Waals surface area contributed by atoms with Gasteiger partial charge < -0.3 is 15.5 Å². The average molecular weight is 427 g/mol. The van der Waals surface area contributed by atoms with E-state index in [-0.39, 0.29) is 0 Å². The minimum atomic E-state index is -1.36. The lowest BCUT2D eigenvalue weighted by molar-refractivity contribution is -0.142. The van der Waals surface area contributed by atoms with E-state index >= 15 is 0 Å². The Labute approximate surface area is 184 Å². The minimum absolute atomic E-state index is 0.622. The SMILES string of the molecule is O=C(/C=C/c1cn(-c2ccccc2)nc1-c1ccc2ccccc2c1)N[C@@H](CO)C(=O)O. The van der Waals surface area contributed by atoms with Crippen molar-refractivity contribution >= 4 is 28.7 Å². The van der Waals surface area contributed by atoms with Crippen LogP contribution in [0.25, 0.3) is 33.8 Å². The number of aliphatic hydroxyl groups excluding tert-OH is 1. The van der Waals surface area contributed by atoms with E-state index in [9.17, 15) is 9.59 Å².